The Balaban J connectivity index is 1.86. The molecule has 1 saturated heterocycles. The maximum absolute atomic E-state index is 3.47. The highest BCUT2D eigenvalue weighted by Crippen LogP contribution is 2.31. The van der Waals surface area contributed by atoms with Crippen molar-refractivity contribution in [2.24, 2.45) is 5.92 Å². The molecule has 3 heteroatoms. The van der Waals surface area contributed by atoms with E-state index in [4.69, 9.17) is 0 Å². The zero-order chi connectivity index (χ0) is 12.3. The molecule has 0 amide bonds. The Morgan fingerprint density at radius 1 is 1.24 bits per heavy atom. The van der Waals surface area contributed by atoms with Crippen LogP contribution in [0.3, 0.4) is 0 Å². The highest BCUT2D eigenvalue weighted by atomic mass is 32.2. The highest BCUT2D eigenvalue weighted by Gasteiger charge is 2.31. The Morgan fingerprint density at radius 2 is 2.06 bits per heavy atom. The van der Waals surface area contributed by atoms with Crippen LogP contribution in [0.15, 0.2) is 0 Å². The molecule has 0 aromatic carbocycles. The molecular weight excluding hydrogens is 228 g/mol. The average Bonchev–Trinajstić information content (AvgIpc) is 2.38. The van der Waals surface area contributed by atoms with E-state index >= 15 is 0 Å². The van der Waals surface area contributed by atoms with Gasteiger partial charge in [-0.2, -0.15) is 11.8 Å². The fraction of sp³-hybridized carbons (Fsp3) is 1.00. The van der Waals surface area contributed by atoms with Gasteiger partial charge in [0.1, 0.15) is 0 Å². The summed E-state index contributed by atoms with van der Waals surface area (Å²) in [5.41, 5.74) is 0. The van der Waals surface area contributed by atoms with Gasteiger partial charge in [0.05, 0.1) is 0 Å². The summed E-state index contributed by atoms with van der Waals surface area (Å²) in [6.45, 7) is 5.01. The third-order valence-electron chi connectivity index (χ3n) is 4.76. The lowest BCUT2D eigenvalue weighted by Gasteiger charge is -2.43. The van der Waals surface area contributed by atoms with Crippen LogP contribution < -0.4 is 5.32 Å². The van der Waals surface area contributed by atoms with Crippen LogP contribution in [0.1, 0.15) is 39.0 Å². The van der Waals surface area contributed by atoms with Crippen molar-refractivity contribution in [2.75, 3.05) is 26.4 Å². The summed E-state index contributed by atoms with van der Waals surface area (Å²) in [5, 5.41) is 4.39. The minimum Gasteiger partial charge on any atom is -0.317 e. The van der Waals surface area contributed by atoms with Gasteiger partial charge in [-0.15, -0.1) is 0 Å². The fourth-order valence-electron chi connectivity index (χ4n) is 3.60. The first kappa shape index (κ1) is 13.7. The number of piperidine rings is 1. The molecule has 4 unspecified atom stereocenters. The zero-order valence-corrected chi connectivity index (χ0v) is 12.4. The predicted molar refractivity (Wildman–Crippen MR) is 77.8 cm³/mol. The van der Waals surface area contributed by atoms with Crippen molar-refractivity contribution in [3.8, 4) is 0 Å². The van der Waals surface area contributed by atoms with Crippen molar-refractivity contribution < 1.29 is 0 Å². The summed E-state index contributed by atoms with van der Waals surface area (Å²) in [7, 11) is 2.11. The number of thioether (sulfide) groups is 1. The van der Waals surface area contributed by atoms with Crippen molar-refractivity contribution in [1.29, 1.82) is 0 Å². The molecule has 0 aromatic heterocycles. The van der Waals surface area contributed by atoms with E-state index in [9.17, 15) is 0 Å². The van der Waals surface area contributed by atoms with Crippen molar-refractivity contribution in [3.63, 3.8) is 0 Å². The molecule has 0 bridgehead atoms. The maximum Gasteiger partial charge on any atom is 0.0114 e. The lowest BCUT2D eigenvalue weighted by atomic mass is 9.88. The largest absolute Gasteiger partial charge is 0.317 e. The Labute approximate surface area is 111 Å². The fourth-order valence-corrected chi connectivity index (χ4v) is 4.42. The summed E-state index contributed by atoms with van der Waals surface area (Å²) in [6.07, 6.45) is 9.36. The van der Waals surface area contributed by atoms with Crippen molar-refractivity contribution in [1.82, 2.24) is 10.2 Å². The van der Waals surface area contributed by atoms with Crippen molar-refractivity contribution in [2.45, 2.75) is 56.4 Å². The van der Waals surface area contributed by atoms with E-state index in [0.29, 0.717) is 0 Å². The molecule has 2 nitrogen and oxygen atoms in total. The molecule has 0 spiro atoms. The maximum atomic E-state index is 3.47. The minimum absolute atomic E-state index is 0.742. The molecule has 1 aliphatic carbocycles. The molecular formula is C14H28N2S. The van der Waals surface area contributed by atoms with Crippen LogP contribution in [0.4, 0.5) is 0 Å². The van der Waals surface area contributed by atoms with Gasteiger partial charge in [-0.25, -0.2) is 0 Å². The van der Waals surface area contributed by atoms with Crippen LogP contribution >= 0.6 is 11.8 Å². The molecule has 100 valence electrons. The van der Waals surface area contributed by atoms with Gasteiger partial charge in [0.15, 0.2) is 0 Å². The lowest BCUT2D eigenvalue weighted by Crippen LogP contribution is -2.51. The average molecular weight is 256 g/mol. The van der Waals surface area contributed by atoms with Gasteiger partial charge in [-0.1, -0.05) is 13.3 Å². The van der Waals surface area contributed by atoms with Crippen molar-refractivity contribution in [3.05, 3.63) is 0 Å². The van der Waals surface area contributed by atoms with Gasteiger partial charge in [0.25, 0.3) is 0 Å². The van der Waals surface area contributed by atoms with E-state index in [1.807, 2.05) is 0 Å². The highest BCUT2D eigenvalue weighted by molar-refractivity contribution is 7.99. The van der Waals surface area contributed by atoms with Gasteiger partial charge in [0, 0.05) is 23.9 Å². The molecule has 0 aromatic rings. The summed E-state index contributed by atoms with van der Waals surface area (Å²) in [6, 6.07) is 1.62. The van der Waals surface area contributed by atoms with Crippen LogP contribution in [-0.4, -0.2) is 48.6 Å². The van der Waals surface area contributed by atoms with E-state index in [0.717, 1.165) is 23.3 Å². The second kappa shape index (κ2) is 6.44. The van der Waals surface area contributed by atoms with E-state index in [-0.39, 0.29) is 0 Å². The van der Waals surface area contributed by atoms with Gasteiger partial charge in [0.2, 0.25) is 0 Å². The smallest absolute Gasteiger partial charge is 0.0114 e. The zero-order valence-electron chi connectivity index (χ0n) is 11.6. The van der Waals surface area contributed by atoms with Gasteiger partial charge >= 0.3 is 0 Å². The van der Waals surface area contributed by atoms with Gasteiger partial charge in [-0.05, 0) is 51.4 Å². The Bertz CT molecular complexity index is 234. The summed E-state index contributed by atoms with van der Waals surface area (Å²) in [4.78, 5) is 2.78. The van der Waals surface area contributed by atoms with E-state index in [1.54, 1.807) is 0 Å². The van der Waals surface area contributed by atoms with E-state index in [2.05, 4.69) is 42.2 Å². The standard InChI is InChI=1S/C14H28N2S/c1-11-10-16(8-7-14(11)15-2)12-5-4-6-13(9-12)17-3/h11-15H,4-10H2,1-3H3. The number of likely N-dealkylation sites (tertiary alicyclic amines) is 1. The van der Waals surface area contributed by atoms with Crippen LogP contribution in [0.25, 0.3) is 0 Å². The molecule has 2 rings (SSSR count). The molecule has 1 heterocycles. The minimum atomic E-state index is 0.742. The van der Waals surface area contributed by atoms with Crippen LogP contribution in [0.2, 0.25) is 0 Å². The number of nitrogens with zero attached hydrogens (tertiary/aromatic N) is 1. The monoisotopic (exact) mass is 256 g/mol. The van der Waals surface area contributed by atoms with E-state index in [1.165, 1.54) is 45.2 Å². The third kappa shape index (κ3) is 3.39. The molecule has 1 saturated carbocycles. The lowest BCUT2D eigenvalue weighted by molar-refractivity contribution is 0.0872. The summed E-state index contributed by atoms with van der Waals surface area (Å²) < 4.78 is 0. The predicted octanol–water partition coefficient (Wildman–Crippen LogP) is 2.59. The second-order valence-corrected chi connectivity index (χ2v) is 6.97. The van der Waals surface area contributed by atoms with Crippen LogP contribution in [-0.2, 0) is 0 Å². The molecule has 0 radical (unpaired) electrons. The first-order chi connectivity index (χ1) is 8.24. The van der Waals surface area contributed by atoms with Crippen LogP contribution in [0.5, 0.6) is 0 Å². The molecule has 2 aliphatic rings. The Kier molecular flexibility index (Phi) is 5.19. The number of nitrogens with one attached hydrogen (secondary N) is 1. The molecule has 2 fully saturated rings. The topological polar surface area (TPSA) is 15.3 Å². The van der Waals surface area contributed by atoms with Crippen molar-refractivity contribution >= 4 is 11.8 Å². The molecule has 17 heavy (non-hydrogen) atoms. The number of hydrogen-bond donors (Lipinski definition) is 1. The van der Waals surface area contributed by atoms with E-state index < -0.39 is 0 Å². The number of hydrogen-bond acceptors (Lipinski definition) is 3. The molecule has 4 atom stereocenters. The molecule has 1 aliphatic heterocycles. The first-order valence-corrected chi connectivity index (χ1v) is 8.47. The quantitative estimate of drug-likeness (QED) is 0.835. The van der Waals surface area contributed by atoms with Gasteiger partial charge in [-0.3, -0.25) is 4.90 Å². The van der Waals surface area contributed by atoms with Gasteiger partial charge < -0.3 is 5.32 Å². The normalized spacial score (nSPS) is 40.4. The Morgan fingerprint density at radius 3 is 2.71 bits per heavy atom. The number of rotatable bonds is 3. The molecule has 1 N–H and O–H groups in total. The van der Waals surface area contributed by atoms with Crippen LogP contribution in [0, 0.1) is 5.92 Å². The first-order valence-electron chi connectivity index (χ1n) is 7.18. The third-order valence-corrected chi connectivity index (χ3v) is 5.85. The summed E-state index contributed by atoms with van der Waals surface area (Å²) >= 11 is 2.08. The second-order valence-electron chi connectivity index (χ2n) is 5.83. The SMILES string of the molecule is CNC1CCN(C2CCCC(SC)C2)CC1C. The summed E-state index contributed by atoms with van der Waals surface area (Å²) in [5.74, 6) is 0.809. The Hall–Kier alpha value is 0.270.